The molecule has 0 bridgehead atoms. The first-order valence-corrected chi connectivity index (χ1v) is 9.27. The third-order valence-electron chi connectivity index (χ3n) is 4.06. The molecule has 1 atom stereocenters. The predicted molar refractivity (Wildman–Crippen MR) is 83.3 cm³/mol. The van der Waals surface area contributed by atoms with E-state index in [-0.39, 0.29) is 22.9 Å². The molecular formula is C15H21N3O4S. The van der Waals surface area contributed by atoms with Crippen LogP contribution in [0.1, 0.15) is 51.8 Å². The highest BCUT2D eigenvalue weighted by Crippen LogP contribution is 2.29. The Labute approximate surface area is 135 Å². The molecule has 0 spiro atoms. The van der Waals surface area contributed by atoms with Crippen molar-refractivity contribution in [2.24, 2.45) is 0 Å². The third kappa shape index (κ3) is 3.05. The zero-order chi connectivity index (χ0) is 16.6. The average molecular weight is 339 g/mol. The second-order valence-electron chi connectivity index (χ2n) is 6.22. The highest BCUT2D eigenvalue weighted by Gasteiger charge is 2.33. The summed E-state index contributed by atoms with van der Waals surface area (Å²) in [7, 11) is -3.63. The fourth-order valence-corrected chi connectivity index (χ4v) is 4.32. The van der Waals surface area contributed by atoms with Crippen LogP contribution in [0.2, 0.25) is 0 Å². The lowest BCUT2D eigenvalue weighted by Crippen LogP contribution is -2.41. The average Bonchev–Trinajstić information content (AvgIpc) is 3.17. The second-order valence-corrected chi connectivity index (χ2v) is 8.04. The fraction of sp³-hybridized carbons (Fsp3) is 0.600. The van der Waals surface area contributed by atoms with E-state index in [1.807, 2.05) is 20.8 Å². The van der Waals surface area contributed by atoms with Gasteiger partial charge in [0.1, 0.15) is 6.26 Å². The number of hydrogen-bond donors (Lipinski definition) is 0. The number of piperidine rings is 1. The lowest BCUT2D eigenvalue weighted by molar-refractivity contribution is 0.262. The summed E-state index contributed by atoms with van der Waals surface area (Å²) in [6.07, 6.45) is 4.14. The Morgan fingerprint density at radius 1 is 1.30 bits per heavy atom. The molecule has 23 heavy (non-hydrogen) atoms. The molecule has 2 aromatic heterocycles. The van der Waals surface area contributed by atoms with Gasteiger partial charge in [0.15, 0.2) is 0 Å². The Bertz CT molecular complexity index is 778. The van der Waals surface area contributed by atoms with Crippen molar-refractivity contribution in [1.29, 1.82) is 0 Å². The van der Waals surface area contributed by atoms with Crippen LogP contribution in [0.4, 0.5) is 0 Å². The molecular weight excluding hydrogens is 318 g/mol. The Hall–Kier alpha value is -1.67. The van der Waals surface area contributed by atoms with Crippen LogP contribution in [0.5, 0.6) is 0 Å². The minimum Gasteiger partial charge on any atom is -0.451 e. The normalized spacial score (nSPS) is 20.3. The Balaban J connectivity index is 1.88. The van der Waals surface area contributed by atoms with Crippen LogP contribution in [-0.4, -0.2) is 35.5 Å². The zero-order valence-corrected chi connectivity index (χ0v) is 14.3. The minimum atomic E-state index is -3.63. The number of sulfonamides is 1. The van der Waals surface area contributed by atoms with E-state index in [9.17, 15) is 8.42 Å². The third-order valence-corrected chi connectivity index (χ3v) is 5.94. The van der Waals surface area contributed by atoms with Crippen molar-refractivity contribution in [3.63, 3.8) is 0 Å². The molecule has 1 aliphatic rings. The molecule has 1 aliphatic heterocycles. The first kappa shape index (κ1) is 16.2. The van der Waals surface area contributed by atoms with Gasteiger partial charge in [0.25, 0.3) is 15.9 Å². The van der Waals surface area contributed by atoms with E-state index < -0.39 is 10.0 Å². The molecule has 0 aromatic carbocycles. The van der Waals surface area contributed by atoms with Gasteiger partial charge < -0.3 is 8.83 Å². The molecule has 8 heteroatoms. The van der Waals surface area contributed by atoms with E-state index in [0.717, 1.165) is 19.3 Å². The number of rotatable bonds is 4. The van der Waals surface area contributed by atoms with Gasteiger partial charge in [-0.3, -0.25) is 0 Å². The molecule has 1 unspecified atom stereocenters. The lowest BCUT2D eigenvalue weighted by atomic mass is 10.1. The molecule has 126 valence electrons. The summed E-state index contributed by atoms with van der Waals surface area (Å²) in [5, 5.41) is 7.81. The largest absolute Gasteiger partial charge is 0.451 e. The molecule has 0 amide bonds. The van der Waals surface area contributed by atoms with Gasteiger partial charge in [-0.15, -0.1) is 10.2 Å². The highest BCUT2D eigenvalue weighted by molar-refractivity contribution is 7.89. The fourth-order valence-electron chi connectivity index (χ4n) is 2.69. The molecule has 0 aliphatic carbocycles. The number of hydrogen-bond acceptors (Lipinski definition) is 6. The van der Waals surface area contributed by atoms with E-state index in [1.54, 1.807) is 0 Å². The van der Waals surface area contributed by atoms with Crippen LogP contribution >= 0.6 is 0 Å². The first-order valence-electron chi connectivity index (χ1n) is 7.83. The van der Waals surface area contributed by atoms with E-state index in [2.05, 4.69) is 10.2 Å². The first-order chi connectivity index (χ1) is 10.9. The Morgan fingerprint density at radius 2 is 2.09 bits per heavy atom. The SMILES string of the molecule is CC(C)c1nnc(-c2coc(S(=O)(=O)N3CCCCC3C)c2)o1. The van der Waals surface area contributed by atoms with E-state index in [4.69, 9.17) is 8.83 Å². The smallest absolute Gasteiger partial charge is 0.276 e. The van der Waals surface area contributed by atoms with Crippen LogP contribution in [0.3, 0.4) is 0 Å². The van der Waals surface area contributed by atoms with Crippen molar-refractivity contribution >= 4 is 10.0 Å². The summed E-state index contributed by atoms with van der Waals surface area (Å²) in [5.41, 5.74) is 0.479. The highest BCUT2D eigenvalue weighted by atomic mass is 32.2. The van der Waals surface area contributed by atoms with Gasteiger partial charge in [0.05, 0.1) is 5.56 Å². The summed E-state index contributed by atoms with van der Waals surface area (Å²) < 4.78 is 37.8. The minimum absolute atomic E-state index is 0.0155. The summed E-state index contributed by atoms with van der Waals surface area (Å²) >= 11 is 0. The van der Waals surface area contributed by atoms with Gasteiger partial charge in [-0.2, -0.15) is 4.31 Å². The van der Waals surface area contributed by atoms with Gasteiger partial charge in [-0.25, -0.2) is 8.42 Å². The standard InChI is InChI=1S/C15H21N3O4S/c1-10(2)14-16-17-15(22-14)12-8-13(21-9-12)23(19,20)18-7-5-4-6-11(18)3/h8-11H,4-7H2,1-3H3. The number of nitrogens with zero attached hydrogens (tertiary/aromatic N) is 3. The van der Waals surface area contributed by atoms with E-state index in [0.29, 0.717) is 18.0 Å². The topological polar surface area (TPSA) is 89.4 Å². The summed E-state index contributed by atoms with van der Waals surface area (Å²) in [6.45, 7) is 6.34. The summed E-state index contributed by atoms with van der Waals surface area (Å²) in [6, 6.07) is 1.44. The molecule has 0 saturated carbocycles. The van der Waals surface area contributed by atoms with Gasteiger partial charge in [0, 0.05) is 24.6 Å². The van der Waals surface area contributed by atoms with Crippen molar-refractivity contribution in [3.8, 4) is 11.5 Å². The van der Waals surface area contributed by atoms with Crippen molar-refractivity contribution in [1.82, 2.24) is 14.5 Å². The van der Waals surface area contributed by atoms with Crippen LogP contribution < -0.4 is 0 Å². The molecule has 7 nitrogen and oxygen atoms in total. The maximum atomic E-state index is 12.7. The van der Waals surface area contributed by atoms with Gasteiger partial charge in [0.2, 0.25) is 11.0 Å². The molecule has 0 radical (unpaired) electrons. The quantitative estimate of drug-likeness (QED) is 0.850. The Morgan fingerprint density at radius 3 is 2.74 bits per heavy atom. The number of aromatic nitrogens is 2. The van der Waals surface area contributed by atoms with Crippen molar-refractivity contribution in [2.75, 3.05) is 6.54 Å². The second kappa shape index (κ2) is 6.09. The van der Waals surface area contributed by atoms with E-state index >= 15 is 0 Å². The maximum absolute atomic E-state index is 12.7. The van der Waals surface area contributed by atoms with Crippen LogP contribution in [0.25, 0.3) is 11.5 Å². The molecule has 2 aromatic rings. The Kier molecular flexibility index (Phi) is 4.29. The molecule has 3 rings (SSSR count). The van der Waals surface area contributed by atoms with E-state index in [1.165, 1.54) is 16.6 Å². The van der Waals surface area contributed by atoms with Gasteiger partial charge in [-0.1, -0.05) is 20.3 Å². The maximum Gasteiger partial charge on any atom is 0.276 e. The van der Waals surface area contributed by atoms with Crippen molar-refractivity contribution in [2.45, 2.75) is 57.1 Å². The molecule has 1 saturated heterocycles. The monoisotopic (exact) mass is 339 g/mol. The summed E-state index contributed by atoms with van der Waals surface area (Å²) in [4.78, 5) is 0. The van der Waals surface area contributed by atoms with Crippen molar-refractivity contribution in [3.05, 3.63) is 18.2 Å². The van der Waals surface area contributed by atoms with Gasteiger partial charge in [-0.05, 0) is 19.8 Å². The van der Waals surface area contributed by atoms with Gasteiger partial charge >= 0.3 is 0 Å². The lowest BCUT2D eigenvalue weighted by Gasteiger charge is -2.31. The zero-order valence-electron chi connectivity index (χ0n) is 13.5. The van der Waals surface area contributed by atoms with Crippen LogP contribution in [0.15, 0.2) is 26.3 Å². The molecule has 0 N–H and O–H groups in total. The van der Waals surface area contributed by atoms with Crippen molar-refractivity contribution < 1.29 is 17.3 Å². The van der Waals surface area contributed by atoms with Crippen LogP contribution in [-0.2, 0) is 10.0 Å². The van der Waals surface area contributed by atoms with Crippen LogP contribution in [0, 0.1) is 0 Å². The molecule has 1 fully saturated rings. The summed E-state index contributed by atoms with van der Waals surface area (Å²) in [5.74, 6) is 0.890. The molecule has 3 heterocycles. The number of furan rings is 1. The predicted octanol–water partition coefficient (Wildman–Crippen LogP) is 3.02.